The third-order valence-corrected chi connectivity index (χ3v) is 3.22. The van der Waals surface area contributed by atoms with Crippen LogP contribution >= 0.6 is 11.5 Å². The van der Waals surface area contributed by atoms with Crippen molar-refractivity contribution in [3.05, 3.63) is 23.0 Å². The smallest absolute Gasteiger partial charge is 0.144 e. The fourth-order valence-corrected chi connectivity index (χ4v) is 2.88. The quantitative estimate of drug-likeness (QED) is 0.678. The molecule has 0 aromatic carbocycles. The Bertz CT molecular complexity index is 506. The van der Waals surface area contributed by atoms with Crippen molar-refractivity contribution < 1.29 is 0 Å². The molecule has 0 aliphatic heterocycles. The highest BCUT2D eigenvalue weighted by Crippen LogP contribution is 2.32. The zero-order valence-corrected chi connectivity index (χ0v) is 10.7. The van der Waals surface area contributed by atoms with Crippen LogP contribution < -0.4 is 0 Å². The Kier molecular flexibility index (Phi) is 2.30. The lowest BCUT2D eigenvalue weighted by atomic mass is 9.89. The number of hydrogen-bond donors (Lipinski definition) is 0. The summed E-state index contributed by atoms with van der Waals surface area (Å²) in [5.74, 6) is 0. The third kappa shape index (κ3) is 1.76. The Morgan fingerprint density at radius 2 is 1.87 bits per heavy atom. The summed E-state index contributed by atoms with van der Waals surface area (Å²) in [5, 5.41) is 1.25. The van der Waals surface area contributed by atoms with Crippen LogP contribution in [0.25, 0.3) is 10.2 Å². The molecule has 0 radical (unpaired) electrons. The van der Waals surface area contributed by atoms with Gasteiger partial charge >= 0.3 is 0 Å². The lowest BCUT2D eigenvalue weighted by Crippen LogP contribution is -2.12. The summed E-state index contributed by atoms with van der Waals surface area (Å²) in [6.45, 7) is 10.8. The number of hydrogen-bond acceptors (Lipinski definition) is 3. The van der Waals surface area contributed by atoms with E-state index < -0.39 is 0 Å². The van der Waals surface area contributed by atoms with Crippen LogP contribution in [0.5, 0.6) is 0 Å². The monoisotopic (exact) mass is 220 g/mol. The van der Waals surface area contributed by atoms with E-state index in [-0.39, 0.29) is 5.41 Å². The van der Waals surface area contributed by atoms with Crippen molar-refractivity contribution in [2.24, 2.45) is 0 Å². The highest BCUT2D eigenvalue weighted by atomic mass is 32.1. The molecule has 0 atom stereocenters. The van der Waals surface area contributed by atoms with E-state index in [4.69, 9.17) is 0 Å². The van der Waals surface area contributed by atoms with Crippen LogP contribution in [0.15, 0.2) is 6.07 Å². The number of aryl methyl sites for hydroxylation is 2. The van der Waals surface area contributed by atoms with Gasteiger partial charge in [0.2, 0.25) is 0 Å². The minimum absolute atomic E-state index is 0.0972. The van der Waals surface area contributed by atoms with E-state index in [2.05, 4.69) is 43.1 Å². The molecule has 0 aliphatic rings. The molecule has 0 fully saturated rings. The first-order chi connectivity index (χ1) is 6.89. The Labute approximate surface area is 94.5 Å². The Balaban J connectivity index is 2.81. The molecule has 2 heterocycles. The SMILES string of the molecule is Cc1cc(C)c2c(C(C)(C)C)nsc2n1. The van der Waals surface area contributed by atoms with E-state index in [9.17, 15) is 0 Å². The van der Waals surface area contributed by atoms with Crippen molar-refractivity contribution in [1.82, 2.24) is 9.36 Å². The molecular formula is C12H16N2S. The van der Waals surface area contributed by atoms with E-state index in [0.717, 1.165) is 10.5 Å². The van der Waals surface area contributed by atoms with Gasteiger partial charge in [-0.2, -0.15) is 4.37 Å². The predicted molar refractivity (Wildman–Crippen MR) is 65.6 cm³/mol. The number of pyridine rings is 1. The average Bonchev–Trinajstić information content (AvgIpc) is 2.45. The summed E-state index contributed by atoms with van der Waals surface area (Å²) in [5.41, 5.74) is 3.63. The number of aromatic nitrogens is 2. The van der Waals surface area contributed by atoms with Crippen molar-refractivity contribution in [2.75, 3.05) is 0 Å². The van der Waals surface area contributed by atoms with Crippen molar-refractivity contribution in [2.45, 2.75) is 40.0 Å². The average molecular weight is 220 g/mol. The second-order valence-electron chi connectivity index (χ2n) is 5.04. The Morgan fingerprint density at radius 3 is 2.47 bits per heavy atom. The van der Waals surface area contributed by atoms with Gasteiger partial charge in [0.15, 0.2) is 0 Å². The van der Waals surface area contributed by atoms with Crippen LogP contribution in [0.3, 0.4) is 0 Å². The van der Waals surface area contributed by atoms with Gasteiger partial charge in [-0.25, -0.2) is 4.98 Å². The van der Waals surface area contributed by atoms with Crippen LogP contribution in [-0.2, 0) is 5.41 Å². The number of rotatable bonds is 0. The molecule has 15 heavy (non-hydrogen) atoms. The van der Waals surface area contributed by atoms with Gasteiger partial charge in [-0.15, -0.1) is 0 Å². The van der Waals surface area contributed by atoms with Crippen LogP contribution in [-0.4, -0.2) is 9.36 Å². The van der Waals surface area contributed by atoms with Crippen molar-refractivity contribution in [3.63, 3.8) is 0 Å². The second kappa shape index (κ2) is 3.27. The maximum Gasteiger partial charge on any atom is 0.144 e. The molecule has 3 heteroatoms. The number of nitrogens with zero attached hydrogens (tertiary/aromatic N) is 2. The molecule has 2 aromatic heterocycles. The molecule has 0 saturated carbocycles. The lowest BCUT2D eigenvalue weighted by Gasteiger charge is -2.16. The molecule has 0 amide bonds. The van der Waals surface area contributed by atoms with Gasteiger partial charge in [-0.1, -0.05) is 20.8 Å². The summed E-state index contributed by atoms with van der Waals surface area (Å²) in [6, 6.07) is 2.13. The zero-order valence-electron chi connectivity index (χ0n) is 9.88. The summed E-state index contributed by atoms with van der Waals surface area (Å²) >= 11 is 1.51. The highest BCUT2D eigenvalue weighted by molar-refractivity contribution is 7.13. The first-order valence-electron chi connectivity index (χ1n) is 5.13. The van der Waals surface area contributed by atoms with E-state index in [1.165, 1.54) is 28.2 Å². The Morgan fingerprint density at radius 1 is 1.20 bits per heavy atom. The number of fused-ring (bicyclic) bond motifs is 1. The summed E-state index contributed by atoms with van der Waals surface area (Å²) < 4.78 is 4.55. The van der Waals surface area contributed by atoms with Crippen LogP contribution in [0.1, 0.15) is 37.7 Å². The third-order valence-electron chi connectivity index (χ3n) is 2.48. The molecule has 80 valence electrons. The summed E-state index contributed by atoms with van der Waals surface area (Å²) in [4.78, 5) is 5.59. The van der Waals surface area contributed by atoms with Crippen molar-refractivity contribution in [3.8, 4) is 0 Å². The van der Waals surface area contributed by atoms with E-state index in [0.29, 0.717) is 0 Å². The predicted octanol–water partition coefficient (Wildman–Crippen LogP) is 3.61. The molecule has 0 saturated heterocycles. The molecule has 0 bridgehead atoms. The van der Waals surface area contributed by atoms with Gasteiger partial charge in [0, 0.05) is 16.5 Å². The molecule has 2 nitrogen and oxygen atoms in total. The fourth-order valence-electron chi connectivity index (χ4n) is 1.80. The normalized spacial score (nSPS) is 12.3. The molecule has 0 N–H and O–H groups in total. The topological polar surface area (TPSA) is 25.8 Å². The van der Waals surface area contributed by atoms with Crippen LogP contribution in [0.2, 0.25) is 0 Å². The van der Waals surface area contributed by atoms with Crippen LogP contribution in [0, 0.1) is 13.8 Å². The minimum Gasteiger partial charge on any atom is -0.241 e. The van der Waals surface area contributed by atoms with E-state index in [1.807, 2.05) is 6.92 Å². The standard InChI is InChI=1S/C12H16N2S/c1-7-6-8(2)13-11-9(7)10(14-15-11)12(3,4)5/h6H,1-5H3. The molecular weight excluding hydrogens is 204 g/mol. The van der Waals surface area contributed by atoms with Crippen molar-refractivity contribution >= 4 is 21.7 Å². The first kappa shape index (κ1) is 10.6. The molecule has 0 unspecified atom stereocenters. The van der Waals surface area contributed by atoms with Gasteiger partial charge in [0.05, 0.1) is 5.69 Å². The molecule has 0 spiro atoms. The molecule has 0 aliphatic carbocycles. The van der Waals surface area contributed by atoms with Crippen molar-refractivity contribution in [1.29, 1.82) is 0 Å². The van der Waals surface area contributed by atoms with E-state index >= 15 is 0 Å². The summed E-state index contributed by atoms with van der Waals surface area (Å²) in [7, 11) is 0. The largest absolute Gasteiger partial charge is 0.241 e. The minimum atomic E-state index is 0.0972. The lowest BCUT2D eigenvalue weighted by molar-refractivity contribution is 0.581. The van der Waals surface area contributed by atoms with Gasteiger partial charge in [0.1, 0.15) is 4.83 Å². The summed E-state index contributed by atoms with van der Waals surface area (Å²) in [6.07, 6.45) is 0. The molecule has 2 rings (SSSR count). The maximum atomic E-state index is 4.55. The van der Waals surface area contributed by atoms with Gasteiger partial charge < -0.3 is 0 Å². The maximum absolute atomic E-state index is 4.55. The van der Waals surface area contributed by atoms with Gasteiger partial charge in [0.25, 0.3) is 0 Å². The van der Waals surface area contributed by atoms with Gasteiger partial charge in [-0.05, 0) is 37.0 Å². The van der Waals surface area contributed by atoms with E-state index in [1.54, 1.807) is 0 Å². The first-order valence-corrected chi connectivity index (χ1v) is 5.91. The zero-order chi connectivity index (χ0) is 11.2. The fraction of sp³-hybridized carbons (Fsp3) is 0.500. The van der Waals surface area contributed by atoms with Crippen LogP contribution in [0.4, 0.5) is 0 Å². The second-order valence-corrected chi connectivity index (χ2v) is 5.79. The highest BCUT2D eigenvalue weighted by Gasteiger charge is 2.22. The molecule has 2 aromatic rings. The van der Waals surface area contributed by atoms with Gasteiger partial charge in [-0.3, -0.25) is 0 Å². The Hall–Kier alpha value is -0.960.